The molecule has 1 N–H and O–H groups in total. The first kappa shape index (κ1) is 13.9. The Hall–Kier alpha value is -2.10. The molecule has 0 aliphatic carbocycles. The summed E-state index contributed by atoms with van der Waals surface area (Å²) in [6.07, 6.45) is 3.27. The Morgan fingerprint density at radius 2 is 2.05 bits per heavy atom. The van der Waals surface area contributed by atoms with E-state index in [-0.39, 0.29) is 10.8 Å². The maximum absolute atomic E-state index is 11.7. The van der Waals surface area contributed by atoms with Crippen LogP contribution < -0.4 is 4.72 Å². The van der Waals surface area contributed by atoms with Gasteiger partial charge in [-0.2, -0.15) is 4.98 Å². The van der Waals surface area contributed by atoms with Crippen molar-refractivity contribution in [2.75, 3.05) is 7.05 Å². The zero-order valence-electron chi connectivity index (χ0n) is 10.8. The number of hydrogen-bond acceptors (Lipinski definition) is 7. The van der Waals surface area contributed by atoms with Crippen LogP contribution in [-0.4, -0.2) is 30.6 Å². The Balaban J connectivity index is 1.94. The van der Waals surface area contributed by atoms with Crippen LogP contribution in [0.2, 0.25) is 0 Å². The number of rotatable bonds is 4. The fraction of sp³-hybridized carbons (Fsp3) is 0.0833. The van der Waals surface area contributed by atoms with Gasteiger partial charge < -0.3 is 4.52 Å². The molecule has 0 amide bonds. The molecule has 0 saturated carbocycles. The summed E-state index contributed by atoms with van der Waals surface area (Å²) in [5.74, 6) is 0.711. The Bertz CT molecular complexity index is 856. The van der Waals surface area contributed by atoms with Crippen molar-refractivity contribution in [2.24, 2.45) is 0 Å². The van der Waals surface area contributed by atoms with Crippen molar-refractivity contribution >= 4 is 21.4 Å². The standard InChI is InChI=1S/C12H10N4O3S2/c1-13-21(17,18)9-6-10(20-7-9)12-15-11(16-19-12)8-2-4-14-5-3-8/h2-7,13H,1H3. The second-order valence-corrected chi connectivity index (χ2v) is 6.81. The van der Waals surface area contributed by atoms with Crippen LogP contribution in [0.25, 0.3) is 22.2 Å². The lowest BCUT2D eigenvalue weighted by atomic mass is 10.2. The SMILES string of the molecule is CNS(=O)(=O)c1csc(-c2nc(-c3ccncc3)no2)c1. The van der Waals surface area contributed by atoms with E-state index in [4.69, 9.17) is 4.52 Å². The summed E-state index contributed by atoms with van der Waals surface area (Å²) in [6.45, 7) is 0. The molecule has 0 radical (unpaired) electrons. The highest BCUT2D eigenvalue weighted by Gasteiger charge is 2.18. The highest BCUT2D eigenvalue weighted by molar-refractivity contribution is 7.89. The van der Waals surface area contributed by atoms with Crippen LogP contribution in [0.1, 0.15) is 0 Å². The highest BCUT2D eigenvalue weighted by Crippen LogP contribution is 2.29. The van der Waals surface area contributed by atoms with Gasteiger partial charge >= 0.3 is 0 Å². The summed E-state index contributed by atoms with van der Waals surface area (Å²) in [4.78, 5) is 8.95. The predicted molar refractivity (Wildman–Crippen MR) is 77.1 cm³/mol. The molecule has 7 nitrogen and oxygen atoms in total. The van der Waals surface area contributed by atoms with Crippen LogP contribution in [0.15, 0.2) is 45.4 Å². The molecule has 3 aromatic heterocycles. The molecular formula is C12H10N4O3S2. The Labute approximate surface area is 124 Å². The van der Waals surface area contributed by atoms with Gasteiger partial charge in [0.25, 0.3) is 5.89 Å². The topological polar surface area (TPSA) is 98.0 Å². The third kappa shape index (κ3) is 2.71. The van der Waals surface area contributed by atoms with Crippen LogP contribution >= 0.6 is 11.3 Å². The first-order valence-corrected chi connectivity index (χ1v) is 8.23. The number of hydrogen-bond donors (Lipinski definition) is 1. The number of nitrogens with zero attached hydrogens (tertiary/aromatic N) is 3. The van der Waals surface area contributed by atoms with E-state index in [0.29, 0.717) is 10.7 Å². The molecule has 0 aromatic carbocycles. The van der Waals surface area contributed by atoms with Crippen LogP contribution in [0, 0.1) is 0 Å². The van der Waals surface area contributed by atoms with E-state index < -0.39 is 10.0 Å². The monoisotopic (exact) mass is 322 g/mol. The maximum Gasteiger partial charge on any atom is 0.268 e. The summed E-state index contributed by atoms with van der Waals surface area (Å²) in [5, 5.41) is 5.41. The fourth-order valence-electron chi connectivity index (χ4n) is 1.63. The minimum Gasteiger partial charge on any atom is -0.333 e. The smallest absolute Gasteiger partial charge is 0.268 e. The minimum atomic E-state index is -3.47. The van der Waals surface area contributed by atoms with Crippen molar-refractivity contribution in [1.82, 2.24) is 19.8 Å². The van der Waals surface area contributed by atoms with E-state index in [2.05, 4.69) is 19.8 Å². The lowest BCUT2D eigenvalue weighted by Crippen LogP contribution is -2.17. The predicted octanol–water partition coefficient (Wildman–Crippen LogP) is 1.77. The molecule has 0 aliphatic heterocycles. The molecule has 0 unspecified atom stereocenters. The molecule has 9 heteroatoms. The van der Waals surface area contributed by atoms with Gasteiger partial charge in [0.2, 0.25) is 15.8 Å². The average Bonchev–Trinajstić information content (AvgIpc) is 3.17. The Morgan fingerprint density at radius 1 is 1.29 bits per heavy atom. The van der Waals surface area contributed by atoms with Gasteiger partial charge in [-0.25, -0.2) is 13.1 Å². The van der Waals surface area contributed by atoms with E-state index in [1.807, 2.05) is 0 Å². The number of sulfonamides is 1. The quantitative estimate of drug-likeness (QED) is 0.786. The molecule has 0 fully saturated rings. The van der Waals surface area contributed by atoms with E-state index in [0.717, 1.165) is 5.56 Å². The van der Waals surface area contributed by atoms with E-state index in [9.17, 15) is 8.42 Å². The van der Waals surface area contributed by atoms with Gasteiger partial charge in [0.1, 0.15) is 0 Å². The van der Waals surface area contributed by atoms with Gasteiger partial charge in [0.05, 0.1) is 9.77 Å². The van der Waals surface area contributed by atoms with E-state index >= 15 is 0 Å². The summed E-state index contributed by atoms with van der Waals surface area (Å²) < 4.78 is 30.8. The van der Waals surface area contributed by atoms with Crippen molar-refractivity contribution in [3.8, 4) is 22.2 Å². The summed E-state index contributed by atoms with van der Waals surface area (Å²) in [5.41, 5.74) is 0.777. The molecule has 0 atom stereocenters. The zero-order valence-corrected chi connectivity index (χ0v) is 12.5. The molecule has 3 heterocycles. The number of thiophene rings is 1. The minimum absolute atomic E-state index is 0.175. The first-order valence-electron chi connectivity index (χ1n) is 5.87. The summed E-state index contributed by atoms with van der Waals surface area (Å²) in [7, 11) is -2.11. The van der Waals surface area contributed by atoms with E-state index in [1.165, 1.54) is 29.8 Å². The molecule has 0 spiro atoms. The van der Waals surface area contributed by atoms with Gasteiger partial charge in [-0.1, -0.05) is 5.16 Å². The molecule has 0 aliphatic rings. The second kappa shape index (κ2) is 5.35. The third-order valence-electron chi connectivity index (χ3n) is 2.73. The first-order chi connectivity index (χ1) is 10.1. The largest absolute Gasteiger partial charge is 0.333 e. The Morgan fingerprint density at radius 3 is 2.76 bits per heavy atom. The fourth-order valence-corrected chi connectivity index (χ4v) is 3.56. The van der Waals surface area contributed by atoms with Crippen molar-refractivity contribution in [3.05, 3.63) is 36.0 Å². The molecular weight excluding hydrogens is 312 g/mol. The lowest BCUT2D eigenvalue weighted by molar-refractivity contribution is 0.433. The number of pyridine rings is 1. The number of nitrogens with one attached hydrogen (secondary N) is 1. The van der Waals surface area contributed by atoms with Crippen LogP contribution in [0.3, 0.4) is 0 Å². The van der Waals surface area contributed by atoms with Crippen molar-refractivity contribution in [3.63, 3.8) is 0 Å². The lowest BCUT2D eigenvalue weighted by Gasteiger charge is -1.95. The molecule has 3 aromatic rings. The molecule has 3 rings (SSSR count). The van der Waals surface area contributed by atoms with Gasteiger partial charge in [0.15, 0.2) is 0 Å². The van der Waals surface area contributed by atoms with Crippen LogP contribution in [0.4, 0.5) is 0 Å². The highest BCUT2D eigenvalue weighted by atomic mass is 32.2. The van der Waals surface area contributed by atoms with Gasteiger partial charge in [-0.3, -0.25) is 4.98 Å². The third-order valence-corrected chi connectivity index (χ3v) is 5.19. The number of aromatic nitrogens is 3. The van der Waals surface area contributed by atoms with Crippen LogP contribution in [0.5, 0.6) is 0 Å². The normalized spacial score (nSPS) is 11.7. The van der Waals surface area contributed by atoms with Crippen LogP contribution in [-0.2, 0) is 10.0 Å². The Kier molecular flexibility index (Phi) is 3.53. The van der Waals surface area contributed by atoms with Crippen molar-refractivity contribution in [2.45, 2.75) is 4.90 Å². The maximum atomic E-state index is 11.7. The molecule has 21 heavy (non-hydrogen) atoms. The van der Waals surface area contributed by atoms with E-state index in [1.54, 1.807) is 24.5 Å². The summed E-state index contributed by atoms with van der Waals surface area (Å²) in [6, 6.07) is 5.03. The van der Waals surface area contributed by atoms with Gasteiger partial charge in [-0.05, 0) is 25.2 Å². The van der Waals surface area contributed by atoms with Gasteiger partial charge in [0, 0.05) is 23.3 Å². The summed E-state index contributed by atoms with van der Waals surface area (Å²) >= 11 is 1.23. The molecule has 0 bridgehead atoms. The average molecular weight is 322 g/mol. The van der Waals surface area contributed by atoms with Gasteiger partial charge in [-0.15, -0.1) is 11.3 Å². The van der Waals surface area contributed by atoms with Crippen molar-refractivity contribution in [1.29, 1.82) is 0 Å². The van der Waals surface area contributed by atoms with Crippen molar-refractivity contribution < 1.29 is 12.9 Å². The zero-order chi connectivity index (χ0) is 14.9. The molecule has 108 valence electrons. The second-order valence-electron chi connectivity index (χ2n) is 4.01. The molecule has 0 saturated heterocycles.